The zero-order valence-corrected chi connectivity index (χ0v) is 34.6. The first-order valence-corrected chi connectivity index (χ1v) is 19.3. The summed E-state index contributed by atoms with van der Waals surface area (Å²) in [5.74, 6) is -1.86. The number of hydrogen-bond acceptors (Lipinski definition) is 5. The number of allylic oxidation sites excluding steroid dienone is 4. The van der Waals surface area contributed by atoms with E-state index in [0.29, 0.717) is 58.3 Å². The number of benzene rings is 2. The lowest BCUT2D eigenvalue weighted by atomic mass is 9.88. The van der Waals surface area contributed by atoms with Crippen molar-refractivity contribution in [2.24, 2.45) is 10.9 Å². The number of pyridine rings is 1. The number of aliphatic imine (C=N–C) groups is 1. The molecule has 0 bridgehead atoms. The van der Waals surface area contributed by atoms with E-state index in [1.165, 1.54) is 12.1 Å². The Morgan fingerprint density at radius 1 is 1.11 bits per heavy atom. The second kappa shape index (κ2) is 22.3. The van der Waals surface area contributed by atoms with E-state index in [4.69, 9.17) is 33.9 Å². The molecule has 0 saturated heterocycles. The fraction of sp³-hybridized carbons (Fsp3) is 0.386. The maximum atomic E-state index is 14.6. The van der Waals surface area contributed by atoms with Gasteiger partial charge in [0.2, 0.25) is 0 Å². The Labute approximate surface area is 331 Å². The van der Waals surface area contributed by atoms with Crippen LogP contribution in [0, 0.1) is 25.6 Å². The molecule has 0 spiro atoms. The van der Waals surface area contributed by atoms with E-state index < -0.39 is 11.7 Å². The van der Waals surface area contributed by atoms with Gasteiger partial charge in [0.15, 0.2) is 0 Å². The fourth-order valence-electron chi connectivity index (χ4n) is 5.66. The number of likely N-dealkylation sites (N-methyl/N-ethyl adjacent to an activating group) is 1. The van der Waals surface area contributed by atoms with Crippen molar-refractivity contribution in [1.29, 1.82) is 0 Å². The van der Waals surface area contributed by atoms with Crippen LogP contribution in [0.25, 0.3) is 11.3 Å². The van der Waals surface area contributed by atoms with E-state index in [-0.39, 0.29) is 40.2 Å². The highest BCUT2D eigenvalue weighted by molar-refractivity contribution is 6.43. The number of nitrogens with two attached hydrogens (primary N) is 1. The van der Waals surface area contributed by atoms with Gasteiger partial charge in [0.25, 0.3) is 5.91 Å². The molecular formula is C44H57Cl2F2N5O. The van der Waals surface area contributed by atoms with Gasteiger partial charge < -0.3 is 16.4 Å². The van der Waals surface area contributed by atoms with E-state index in [9.17, 15) is 13.6 Å². The molecule has 1 amide bonds. The van der Waals surface area contributed by atoms with Gasteiger partial charge in [-0.15, -0.1) is 13.2 Å². The van der Waals surface area contributed by atoms with Crippen LogP contribution >= 0.6 is 23.2 Å². The molecule has 6 nitrogen and oxygen atoms in total. The van der Waals surface area contributed by atoms with Gasteiger partial charge in [-0.25, -0.2) is 8.78 Å². The predicted molar refractivity (Wildman–Crippen MR) is 228 cm³/mol. The third kappa shape index (κ3) is 12.2. The number of nitrogen functional groups attached to an aromatic ring is 1. The Morgan fingerprint density at radius 2 is 1.78 bits per heavy atom. The molecule has 2 aromatic carbocycles. The van der Waals surface area contributed by atoms with Gasteiger partial charge in [-0.1, -0.05) is 76.6 Å². The van der Waals surface area contributed by atoms with Gasteiger partial charge in [0.1, 0.15) is 11.6 Å². The number of rotatable bonds is 15. The van der Waals surface area contributed by atoms with E-state index >= 15 is 0 Å². The lowest BCUT2D eigenvalue weighted by Gasteiger charge is -2.24. The van der Waals surface area contributed by atoms with Crippen LogP contribution in [0.3, 0.4) is 0 Å². The number of anilines is 1. The van der Waals surface area contributed by atoms with Crippen LogP contribution in [0.4, 0.5) is 14.5 Å². The highest BCUT2D eigenvalue weighted by Crippen LogP contribution is 2.39. The summed E-state index contributed by atoms with van der Waals surface area (Å²) in [5, 5.41) is 6.17. The molecule has 1 aliphatic rings. The van der Waals surface area contributed by atoms with Crippen LogP contribution in [0.15, 0.2) is 84.7 Å². The molecule has 1 aliphatic carbocycles. The van der Waals surface area contributed by atoms with Crippen LogP contribution < -0.4 is 16.4 Å². The van der Waals surface area contributed by atoms with Crippen molar-refractivity contribution in [3.63, 3.8) is 0 Å². The standard InChI is InChI=1S/C40H47Cl2F2N5O.C2H6.C2H4/c1-8-22(2)33(43)11-9-10-23(3)32(21-48-40(50)27-16-24(4)38(45)28(17-27)20-47-29-12-13-29)35-18-31(25(5)19-46-7)26(6)39(49-35)30-14-15-34(44)37(42)36(30)41;2*1-2/h9-11,14-18,20,22,25,29,32,46H,3,8,12-13,19,21,45H2,1-2,4-7H3,(H,48,50);1-2H3;1-2H2/b10-9-,33-11+,47-20?;;. The smallest absolute Gasteiger partial charge is 0.251 e. The molecule has 0 aliphatic heterocycles. The molecule has 1 saturated carbocycles. The summed E-state index contributed by atoms with van der Waals surface area (Å²) in [5.41, 5.74) is 12.9. The van der Waals surface area contributed by atoms with Crippen molar-refractivity contribution in [3.8, 4) is 11.3 Å². The quantitative estimate of drug-likeness (QED) is 0.0471. The summed E-state index contributed by atoms with van der Waals surface area (Å²) in [6.45, 7) is 24.8. The Kier molecular flexibility index (Phi) is 19.0. The zero-order chi connectivity index (χ0) is 40.7. The van der Waals surface area contributed by atoms with Crippen molar-refractivity contribution in [2.75, 3.05) is 25.9 Å². The Bertz CT molecular complexity index is 1850. The molecular weight excluding hydrogens is 723 g/mol. The first-order chi connectivity index (χ1) is 25.8. The minimum Gasteiger partial charge on any atom is -0.398 e. The first kappa shape index (κ1) is 46.0. The molecule has 54 heavy (non-hydrogen) atoms. The second-order valence-electron chi connectivity index (χ2n) is 13.2. The van der Waals surface area contributed by atoms with E-state index in [0.717, 1.165) is 29.5 Å². The molecule has 3 aromatic rings. The first-order valence-electron chi connectivity index (χ1n) is 18.5. The molecule has 292 valence electrons. The number of aryl methyl sites for hydroxylation is 1. The topological polar surface area (TPSA) is 92.4 Å². The molecule has 0 radical (unpaired) electrons. The lowest BCUT2D eigenvalue weighted by Crippen LogP contribution is -2.30. The lowest BCUT2D eigenvalue weighted by molar-refractivity contribution is 0.0952. The van der Waals surface area contributed by atoms with Crippen molar-refractivity contribution in [2.45, 2.75) is 85.6 Å². The van der Waals surface area contributed by atoms with Gasteiger partial charge in [-0.2, -0.15) is 0 Å². The molecule has 1 heterocycles. The largest absolute Gasteiger partial charge is 0.398 e. The monoisotopic (exact) mass is 779 g/mol. The summed E-state index contributed by atoms with van der Waals surface area (Å²) >= 11 is 12.9. The van der Waals surface area contributed by atoms with Crippen molar-refractivity contribution >= 4 is 41.0 Å². The molecule has 4 rings (SSSR count). The third-order valence-electron chi connectivity index (χ3n) is 9.24. The van der Waals surface area contributed by atoms with E-state index in [2.05, 4.69) is 42.3 Å². The molecule has 3 unspecified atom stereocenters. The molecule has 1 fully saturated rings. The Balaban J connectivity index is 0.00000244. The van der Waals surface area contributed by atoms with Gasteiger partial charge in [0, 0.05) is 53.5 Å². The number of carbonyl (C=O) groups is 1. The van der Waals surface area contributed by atoms with Crippen molar-refractivity contribution in [1.82, 2.24) is 15.6 Å². The van der Waals surface area contributed by atoms with Crippen LogP contribution in [0.1, 0.15) is 104 Å². The third-order valence-corrected chi connectivity index (χ3v) is 10.1. The zero-order valence-electron chi connectivity index (χ0n) is 33.1. The van der Waals surface area contributed by atoms with E-state index in [1.54, 1.807) is 36.6 Å². The van der Waals surface area contributed by atoms with E-state index in [1.807, 2.05) is 54.7 Å². The summed E-state index contributed by atoms with van der Waals surface area (Å²) in [6.07, 6.45) is 9.33. The Morgan fingerprint density at radius 3 is 2.39 bits per heavy atom. The number of amides is 1. The van der Waals surface area contributed by atoms with Crippen molar-refractivity contribution in [3.05, 3.63) is 129 Å². The van der Waals surface area contributed by atoms with Crippen LogP contribution in [-0.4, -0.2) is 43.3 Å². The average molecular weight is 781 g/mol. The fourth-order valence-corrected chi connectivity index (χ4v) is 6.07. The van der Waals surface area contributed by atoms with Gasteiger partial charge in [-0.05, 0) is 105 Å². The molecule has 4 N–H and O–H groups in total. The summed E-state index contributed by atoms with van der Waals surface area (Å²) in [4.78, 5) is 23.3. The molecule has 1 aromatic heterocycles. The predicted octanol–water partition coefficient (Wildman–Crippen LogP) is 11.7. The normalized spacial score (nSPS) is 14.5. The van der Waals surface area contributed by atoms with Crippen LogP contribution in [0.2, 0.25) is 10.0 Å². The average Bonchev–Trinajstić information content (AvgIpc) is 4.01. The number of halogens is 4. The highest BCUT2D eigenvalue weighted by atomic mass is 35.5. The maximum Gasteiger partial charge on any atom is 0.251 e. The highest BCUT2D eigenvalue weighted by Gasteiger charge is 2.25. The minimum absolute atomic E-state index is 0.0512. The number of nitrogens with zero attached hydrogens (tertiary/aromatic N) is 2. The summed E-state index contributed by atoms with van der Waals surface area (Å²) < 4.78 is 29.0. The number of carbonyl (C=O) groups excluding carboxylic acids is 1. The summed E-state index contributed by atoms with van der Waals surface area (Å²) in [7, 11) is 1.88. The van der Waals surface area contributed by atoms with Crippen molar-refractivity contribution < 1.29 is 13.6 Å². The second-order valence-corrected chi connectivity index (χ2v) is 13.9. The van der Waals surface area contributed by atoms with Gasteiger partial charge >= 0.3 is 0 Å². The number of aromatic nitrogens is 1. The molecule has 10 heteroatoms. The minimum atomic E-state index is -0.630. The maximum absolute atomic E-state index is 14.6. The van der Waals surface area contributed by atoms with Crippen LogP contribution in [-0.2, 0) is 0 Å². The summed E-state index contributed by atoms with van der Waals surface area (Å²) in [6, 6.07) is 8.65. The number of hydrogen-bond donors (Lipinski definition) is 3. The van der Waals surface area contributed by atoms with Gasteiger partial charge in [0.05, 0.1) is 27.5 Å². The van der Waals surface area contributed by atoms with Crippen LogP contribution in [0.5, 0.6) is 0 Å². The van der Waals surface area contributed by atoms with Gasteiger partial charge in [-0.3, -0.25) is 14.8 Å². The SMILES string of the molecule is C=C.C=C(/C=C\C=C(\F)C(C)CC)C(CNC(=O)c1cc(C)c(N)c(C=NC2CC2)c1)c1cc(C(C)CNC)c(C)c(-c2ccc(F)c(Cl)c2Cl)n1.CC. The number of nitrogens with one attached hydrogen (secondary N) is 2. The molecule has 3 atom stereocenters. The Hall–Kier alpha value is -4.11.